The van der Waals surface area contributed by atoms with Crippen LogP contribution in [0.4, 0.5) is 5.69 Å². The van der Waals surface area contributed by atoms with Crippen molar-refractivity contribution in [1.29, 1.82) is 0 Å². The Labute approximate surface area is 127 Å². The van der Waals surface area contributed by atoms with Gasteiger partial charge in [0.25, 0.3) is 11.8 Å². The van der Waals surface area contributed by atoms with Gasteiger partial charge in [0.15, 0.2) is 0 Å². The molecule has 2 aromatic carbocycles. The number of imide groups is 1. The Kier molecular flexibility index (Phi) is 3.43. The third kappa shape index (κ3) is 2.40. The minimum Gasteiger partial charge on any atom is -0.388 e. The van der Waals surface area contributed by atoms with Gasteiger partial charge in [0.1, 0.15) is 0 Å². The first kappa shape index (κ1) is 13.7. The van der Waals surface area contributed by atoms with Gasteiger partial charge in [0.05, 0.1) is 11.1 Å². The van der Waals surface area contributed by atoms with Crippen LogP contribution in [0, 0.1) is 0 Å². The molecule has 0 radical (unpaired) electrons. The predicted molar refractivity (Wildman–Crippen MR) is 83.0 cm³/mol. The van der Waals surface area contributed by atoms with Gasteiger partial charge in [-0.3, -0.25) is 14.5 Å². The Morgan fingerprint density at radius 3 is 2.43 bits per heavy atom. The molecule has 1 heterocycles. The minimum atomic E-state index is -0.235. The third-order valence-electron chi connectivity index (χ3n) is 3.42. The summed E-state index contributed by atoms with van der Waals surface area (Å²) in [5, 5.41) is 3.09. The van der Waals surface area contributed by atoms with Crippen molar-refractivity contribution in [2.24, 2.45) is 0 Å². The van der Waals surface area contributed by atoms with Crippen molar-refractivity contribution >= 4 is 29.3 Å². The maximum absolute atomic E-state index is 12.0. The van der Waals surface area contributed by atoms with Crippen LogP contribution in [0.15, 0.2) is 52.3 Å². The summed E-state index contributed by atoms with van der Waals surface area (Å²) < 4.78 is 0. The van der Waals surface area contributed by atoms with Gasteiger partial charge < -0.3 is 5.32 Å². The second-order valence-electron chi connectivity index (χ2n) is 4.76. The van der Waals surface area contributed by atoms with E-state index in [2.05, 4.69) is 5.32 Å². The predicted octanol–water partition coefficient (Wildman–Crippen LogP) is 3.11. The maximum Gasteiger partial charge on any atom is 0.261 e. The number of carbonyl (C=O) groups excluding carboxylic acids is 2. The number of fused-ring (bicyclic) bond motifs is 1. The summed E-state index contributed by atoms with van der Waals surface area (Å²) in [4.78, 5) is 27.0. The number of hydrogen-bond donors (Lipinski definition) is 1. The smallest absolute Gasteiger partial charge is 0.261 e. The highest BCUT2D eigenvalue weighted by atomic mass is 32.2. The van der Waals surface area contributed by atoms with Crippen LogP contribution in [-0.2, 0) is 0 Å². The first-order valence-electron chi connectivity index (χ1n) is 6.52. The summed E-state index contributed by atoms with van der Waals surface area (Å²) in [5.41, 5.74) is 2.00. The highest BCUT2D eigenvalue weighted by molar-refractivity contribution is 7.99. The lowest BCUT2D eigenvalue weighted by molar-refractivity contribution is 0.0693. The monoisotopic (exact) mass is 298 g/mol. The number of benzene rings is 2. The molecule has 3 rings (SSSR count). The van der Waals surface area contributed by atoms with Gasteiger partial charge in [0.2, 0.25) is 0 Å². The van der Waals surface area contributed by atoms with Gasteiger partial charge in [0, 0.05) is 29.6 Å². The highest BCUT2D eigenvalue weighted by Crippen LogP contribution is 2.32. The molecular formula is C16H14N2O2S. The average Bonchev–Trinajstić information content (AvgIpc) is 2.72. The zero-order valence-electron chi connectivity index (χ0n) is 11.7. The van der Waals surface area contributed by atoms with Gasteiger partial charge in [-0.1, -0.05) is 17.8 Å². The quantitative estimate of drug-likeness (QED) is 0.885. The summed E-state index contributed by atoms with van der Waals surface area (Å²) in [5.74, 6) is -0.467. The van der Waals surface area contributed by atoms with Crippen molar-refractivity contribution in [3.05, 3.63) is 53.6 Å². The molecule has 106 valence electrons. The van der Waals surface area contributed by atoms with Crippen LogP contribution >= 0.6 is 11.8 Å². The van der Waals surface area contributed by atoms with E-state index in [1.54, 1.807) is 23.9 Å². The van der Waals surface area contributed by atoms with E-state index in [0.29, 0.717) is 11.1 Å². The molecule has 0 spiro atoms. The van der Waals surface area contributed by atoms with Gasteiger partial charge >= 0.3 is 0 Å². The summed E-state index contributed by atoms with van der Waals surface area (Å²) in [7, 11) is 3.38. The SMILES string of the molecule is CNc1cccc(Sc2ccc3c(c2)C(=O)N(C)C3=O)c1. The Morgan fingerprint density at radius 1 is 0.952 bits per heavy atom. The van der Waals surface area contributed by atoms with Crippen molar-refractivity contribution < 1.29 is 9.59 Å². The molecule has 0 unspecified atom stereocenters. The molecule has 0 bridgehead atoms. The molecule has 2 aromatic rings. The van der Waals surface area contributed by atoms with Crippen molar-refractivity contribution in [2.75, 3.05) is 19.4 Å². The first-order valence-corrected chi connectivity index (χ1v) is 7.34. The topological polar surface area (TPSA) is 49.4 Å². The Hall–Kier alpha value is -2.27. The minimum absolute atomic E-state index is 0.233. The van der Waals surface area contributed by atoms with E-state index in [1.807, 2.05) is 37.4 Å². The van der Waals surface area contributed by atoms with E-state index < -0.39 is 0 Å². The standard InChI is InChI=1S/C16H14N2O2S/c1-17-10-4-3-5-11(8-10)21-12-6-7-13-14(9-12)16(20)18(2)15(13)19/h3-9,17H,1-2H3. The van der Waals surface area contributed by atoms with Crippen molar-refractivity contribution in [3.63, 3.8) is 0 Å². The number of hydrogen-bond acceptors (Lipinski definition) is 4. The highest BCUT2D eigenvalue weighted by Gasteiger charge is 2.32. The molecule has 1 N–H and O–H groups in total. The molecule has 0 fully saturated rings. The second kappa shape index (κ2) is 5.26. The normalized spacial score (nSPS) is 13.5. The van der Waals surface area contributed by atoms with Crippen LogP contribution in [0.25, 0.3) is 0 Å². The number of rotatable bonds is 3. The number of carbonyl (C=O) groups is 2. The molecule has 1 aliphatic rings. The Bertz CT molecular complexity index is 743. The van der Waals surface area contributed by atoms with E-state index >= 15 is 0 Å². The number of nitrogens with one attached hydrogen (secondary N) is 1. The summed E-state index contributed by atoms with van der Waals surface area (Å²) >= 11 is 1.57. The lowest BCUT2D eigenvalue weighted by Crippen LogP contribution is -2.24. The van der Waals surface area contributed by atoms with Crippen LogP contribution in [-0.4, -0.2) is 30.8 Å². The fraction of sp³-hybridized carbons (Fsp3) is 0.125. The molecule has 2 amide bonds. The molecule has 4 nitrogen and oxygen atoms in total. The second-order valence-corrected chi connectivity index (χ2v) is 5.90. The third-order valence-corrected chi connectivity index (χ3v) is 4.40. The summed E-state index contributed by atoms with van der Waals surface area (Å²) in [6.45, 7) is 0. The molecule has 0 atom stereocenters. The van der Waals surface area contributed by atoms with E-state index in [4.69, 9.17) is 0 Å². The molecular weight excluding hydrogens is 284 g/mol. The largest absolute Gasteiger partial charge is 0.388 e. The van der Waals surface area contributed by atoms with Crippen LogP contribution in [0.2, 0.25) is 0 Å². The first-order chi connectivity index (χ1) is 10.1. The molecule has 0 saturated carbocycles. The van der Waals surface area contributed by atoms with Crippen LogP contribution in [0.3, 0.4) is 0 Å². The Morgan fingerprint density at radius 2 is 1.67 bits per heavy atom. The van der Waals surface area contributed by atoms with Crippen LogP contribution in [0.5, 0.6) is 0 Å². The summed E-state index contributed by atoms with van der Waals surface area (Å²) in [6, 6.07) is 13.4. The van der Waals surface area contributed by atoms with Crippen molar-refractivity contribution in [2.45, 2.75) is 9.79 Å². The van der Waals surface area contributed by atoms with Gasteiger partial charge in [-0.2, -0.15) is 0 Å². The van der Waals surface area contributed by atoms with E-state index in [1.165, 1.54) is 7.05 Å². The van der Waals surface area contributed by atoms with Crippen LogP contribution in [0.1, 0.15) is 20.7 Å². The molecule has 0 aromatic heterocycles. The fourth-order valence-electron chi connectivity index (χ4n) is 2.26. The summed E-state index contributed by atoms with van der Waals surface area (Å²) in [6.07, 6.45) is 0. The fourth-order valence-corrected chi connectivity index (χ4v) is 3.17. The molecule has 1 aliphatic heterocycles. The van der Waals surface area contributed by atoms with Gasteiger partial charge in [-0.05, 0) is 36.4 Å². The maximum atomic E-state index is 12.0. The van der Waals surface area contributed by atoms with Crippen molar-refractivity contribution in [1.82, 2.24) is 4.90 Å². The van der Waals surface area contributed by atoms with E-state index in [-0.39, 0.29) is 11.8 Å². The van der Waals surface area contributed by atoms with Crippen LogP contribution < -0.4 is 5.32 Å². The zero-order valence-corrected chi connectivity index (χ0v) is 12.5. The van der Waals surface area contributed by atoms with Gasteiger partial charge in [-0.25, -0.2) is 0 Å². The Balaban J connectivity index is 1.92. The lowest BCUT2D eigenvalue weighted by atomic mass is 10.1. The van der Waals surface area contributed by atoms with E-state index in [9.17, 15) is 9.59 Å². The zero-order chi connectivity index (χ0) is 15.0. The lowest BCUT2D eigenvalue weighted by Gasteiger charge is -2.05. The number of nitrogens with zero attached hydrogens (tertiary/aromatic N) is 1. The molecule has 5 heteroatoms. The molecule has 21 heavy (non-hydrogen) atoms. The molecule has 0 aliphatic carbocycles. The number of amides is 2. The van der Waals surface area contributed by atoms with Gasteiger partial charge in [-0.15, -0.1) is 0 Å². The molecule has 0 saturated heterocycles. The van der Waals surface area contributed by atoms with Crippen molar-refractivity contribution in [3.8, 4) is 0 Å². The number of anilines is 1. The average molecular weight is 298 g/mol. The van der Waals surface area contributed by atoms with E-state index in [0.717, 1.165) is 20.4 Å².